The van der Waals surface area contributed by atoms with Crippen molar-refractivity contribution >= 4 is 5.78 Å². The normalized spacial score (nSPS) is 39.9. The van der Waals surface area contributed by atoms with Crippen LogP contribution in [0.15, 0.2) is 0 Å². The Balaban J connectivity index is 2.85. The molecule has 0 aromatic carbocycles. The van der Waals surface area contributed by atoms with Gasteiger partial charge in [-0.1, -0.05) is 13.8 Å². The molecule has 1 heterocycles. The van der Waals surface area contributed by atoms with Crippen molar-refractivity contribution < 1.29 is 4.79 Å². The SMILES string of the molecule is CC(=O)C1(C)CC(C)(C)C(C)N1. The van der Waals surface area contributed by atoms with Gasteiger partial charge in [0, 0.05) is 6.04 Å². The highest BCUT2D eigenvalue weighted by atomic mass is 16.1. The minimum absolute atomic E-state index is 0.237. The van der Waals surface area contributed by atoms with E-state index in [9.17, 15) is 4.79 Å². The van der Waals surface area contributed by atoms with Crippen LogP contribution in [0.5, 0.6) is 0 Å². The molecule has 1 fully saturated rings. The maximum atomic E-state index is 11.3. The first kappa shape index (κ1) is 9.72. The highest BCUT2D eigenvalue weighted by Crippen LogP contribution is 2.38. The second-order valence-corrected chi connectivity index (χ2v) is 4.92. The number of nitrogens with one attached hydrogen (secondary N) is 1. The summed E-state index contributed by atoms with van der Waals surface area (Å²) in [6, 6.07) is 0.423. The molecule has 0 aromatic heterocycles. The van der Waals surface area contributed by atoms with Gasteiger partial charge in [-0.15, -0.1) is 0 Å². The molecule has 0 saturated carbocycles. The second kappa shape index (κ2) is 2.56. The van der Waals surface area contributed by atoms with Crippen LogP contribution < -0.4 is 5.32 Å². The molecule has 1 aliphatic rings. The van der Waals surface area contributed by atoms with Crippen LogP contribution in [0, 0.1) is 5.41 Å². The Morgan fingerprint density at radius 3 is 2.08 bits per heavy atom. The van der Waals surface area contributed by atoms with E-state index in [2.05, 4.69) is 26.1 Å². The molecule has 0 amide bonds. The summed E-state index contributed by atoms with van der Waals surface area (Å²) < 4.78 is 0. The van der Waals surface area contributed by atoms with E-state index >= 15 is 0 Å². The van der Waals surface area contributed by atoms with Crippen LogP contribution in [0.25, 0.3) is 0 Å². The average molecular weight is 169 g/mol. The molecule has 2 unspecified atom stereocenters. The number of Topliss-reactive ketones (excluding diaryl/α,β-unsaturated/α-hetero) is 1. The summed E-state index contributed by atoms with van der Waals surface area (Å²) in [5.41, 5.74) is -0.0522. The van der Waals surface area contributed by atoms with E-state index in [0.717, 1.165) is 6.42 Å². The Morgan fingerprint density at radius 2 is 1.92 bits per heavy atom. The molecule has 70 valence electrons. The molecule has 0 radical (unpaired) electrons. The predicted octanol–water partition coefficient (Wildman–Crippen LogP) is 1.74. The zero-order valence-corrected chi connectivity index (χ0v) is 8.69. The van der Waals surface area contributed by atoms with E-state index in [1.54, 1.807) is 6.92 Å². The van der Waals surface area contributed by atoms with Crippen LogP contribution in [-0.2, 0) is 4.79 Å². The van der Waals surface area contributed by atoms with Crippen molar-refractivity contribution in [2.75, 3.05) is 0 Å². The summed E-state index contributed by atoms with van der Waals surface area (Å²) in [7, 11) is 0. The lowest BCUT2D eigenvalue weighted by Gasteiger charge is -2.22. The molecule has 2 atom stereocenters. The topological polar surface area (TPSA) is 29.1 Å². The average Bonchev–Trinajstić information content (AvgIpc) is 2.03. The molecule has 0 bridgehead atoms. The monoisotopic (exact) mass is 169 g/mol. The van der Waals surface area contributed by atoms with Crippen molar-refractivity contribution in [2.45, 2.75) is 52.6 Å². The van der Waals surface area contributed by atoms with E-state index in [4.69, 9.17) is 0 Å². The number of carbonyl (C=O) groups is 1. The second-order valence-electron chi connectivity index (χ2n) is 4.92. The highest BCUT2D eigenvalue weighted by molar-refractivity contribution is 5.86. The molecular formula is C10H19NO. The number of rotatable bonds is 1. The molecule has 0 aromatic rings. The summed E-state index contributed by atoms with van der Waals surface area (Å²) >= 11 is 0. The Bertz CT molecular complexity index is 210. The Morgan fingerprint density at radius 1 is 1.42 bits per heavy atom. The molecule has 1 saturated heterocycles. The van der Waals surface area contributed by atoms with Gasteiger partial charge in [0.05, 0.1) is 5.54 Å². The molecule has 1 aliphatic heterocycles. The fourth-order valence-electron chi connectivity index (χ4n) is 2.01. The van der Waals surface area contributed by atoms with Crippen molar-refractivity contribution in [3.05, 3.63) is 0 Å². The minimum Gasteiger partial charge on any atom is -0.302 e. The zero-order chi connectivity index (χ0) is 9.57. The molecular weight excluding hydrogens is 150 g/mol. The van der Waals surface area contributed by atoms with E-state index in [-0.39, 0.29) is 16.7 Å². The third-order valence-electron chi connectivity index (χ3n) is 3.29. The number of hydrogen-bond acceptors (Lipinski definition) is 2. The summed E-state index contributed by atoms with van der Waals surface area (Å²) in [4.78, 5) is 11.3. The Kier molecular flexibility index (Phi) is 2.07. The van der Waals surface area contributed by atoms with Gasteiger partial charge in [-0.25, -0.2) is 0 Å². The van der Waals surface area contributed by atoms with Gasteiger partial charge < -0.3 is 5.32 Å². The Labute approximate surface area is 74.7 Å². The van der Waals surface area contributed by atoms with Gasteiger partial charge >= 0.3 is 0 Å². The smallest absolute Gasteiger partial charge is 0.149 e. The molecule has 2 nitrogen and oxygen atoms in total. The molecule has 0 spiro atoms. The lowest BCUT2D eigenvalue weighted by molar-refractivity contribution is -0.122. The molecule has 2 heteroatoms. The maximum absolute atomic E-state index is 11.3. The van der Waals surface area contributed by atoms with Crippen LogP contribution in [0.1, 0.15) is 41.0 Å². The lowest BCUT2D eigenvalue weighted by atomic mass is 9.80. The summed E-state index contributed by atoms with van der Waals surface area (Å²) in [5, 5.41) is 3.37. The third kappa shape index (κ3) is 1.40. The number of hydrogen-bond donors (Lipinski definition) is 1. The number of carbonyl (C=O) groups excluding carboxylic acids is 1. The van der Waals surface area contributed by atoms with E-state index in [0.29, 0.717) is 6.04 Å². The number of ketones is 1. The van der Waals surface area contributed by atoms with Gasteiger partial charge in [-0.05, 0) is 32.6 Å². The van der Waals surface area contributed by atoms with Crippen molar-refractivity contribution in [3.8, 4) is 0 Å². The van der Waals surface area contributed by atoms with Gasteiger partial charge in [0.15, 0.2) is 0 Å². The summed E-state index contributed by atoms with van der Waals surface area (Å²) in [5.74, 6) is 0.250. The van der Waals surface area contributed by atoms with E-state index in [1.807, 2.05) is 6.92 Å². The quantitative estimate of drug-likeness (QED) is 0.648. The molecule has 1 N–H and O–H groups in total. The zero-order valence-electron chi connectivity index (χ0n) is 8.69. The van der Waals surface area contributed by atoms with Crippen LogP contribution in [0.2, 0.25) is 0 Å². The third-order valence-corrected chi connectivity index (χ3v) is 3.29. The fourth-order valence-corrected chi connectivity index (χ4v) is 2.01. The van der Waals surface area contributed by atoms with Gasteiger partial charge in [-0.2, -0.15) is 0 Å². The summed E-state index contributed by atoms with van der Waals surface area (Å²) in [6.45, 7) is 10.2. The first-order valence-corrected chi connectivity index (χ1v) is 4.57. The van der Waals surface area contributed by atoms with Crippen LogP contribution in [0.4, 0.5) is 0 Å². The standard InChI is InChI=1S/C10H19NO/c1-7-9(3,4)6-10(5,11-7)8(2)12/h7,11H,6H2,1-5H3. The summed E-state index contributed by atoms with van der Waals surface area (Å²) in [6.07, 6.45) is 0.941. The van der Waals surface area contributed by atoms with E-state index < -0.39 is 0 Å². The van der Waals surface area contributed by atoms with Gasteiger partial charge in [-0.3, -0.25) is 4.79 Å². The van der Waals surface area contributed by atoms with Gasteiger partial charge in [0.1, 0.15) is 5.78 Å². The molecule has 12 heavy (non-hydrogen) atoms. The van der Waals surface area contributed by atoms with Gasteiger partial charge in [0.2, 0.25) is 0 Å². The lowest BCUT2D eigenvalue weighted by Crippen LogP contribution is -2.45. The van der Waals surface area contributed by atoms with Crippen molar-refractivity contribution in [1.82, 2.24) is 5.32 Å². The minimum atomic E-state index is -0.289. The van der Waals surface area contributed by atoms with Crippen molar-refractivity contribution in [3.63, 3.8) is 0 Å². The fraction of sp³-hybridized carbons (Fsp3) is 0.900. The van der Waals surface area contributed by atoms with Crippen molar-refractivity contribution in [2.24, 2.45) is 5.41 Å². The van der Waals surface area contributed by atoms with Crippen LogP contribution in [0.3, 0.4) is 0 Å². The molecule has 0 aliphatic carbocycles. The van der Waals surface area contributed by atoms with Crippen LogP contribution in [-0.4, -0.2) is 17.4 Å². The first-order chi connectivity index (χ1) is 5.28. The van der Waals surface area contributed by atoms with E-state index in [1.165, 1.54) is 0 Å². The highest BCUT2D eigenvalue weighted by Gasteiger charge is 2.46. The van der Waals surface area contributed by atoms with Crippen LogP contribution >= 0.6 is 0 Å². The van der Waals surface area contributed by atoms with Crippen molar-refractivity contribution in [1.29, 1.82) is 0 Å². The maximum Gasteiger partial charge on any atom is 0.149 e. The largest absolute Gasteiger partial charge is 0.302 e. The van der Waals surface area contributed by atoms with Gasteiger partial charge in [0.25, 0.3) is 0 Å². The predicted molar refractivity (Wildman–Crippen MR) is 50.1 cm³/mol. The first-order valence-electron chi connectivity index (χ1n) is 4.57. The molecule has 1 rings (SSSR count). The Hall–Kier alpha value is -0.370.